The molecule has 1 fully saturated rings. The third-order valence-corrected chi connectivity index (χ3v) is 5.06. The van der Waals surface area contributed by atoms with E-state index in [4.69, 9.17) is 4.65 Å². The summed E-state index contributed by atoms with van der Waals surface area (Å²) in [5.41, 5.74) is 0.762. The normalized spacial score (nSPS) is 19.5. The van der Waals surface area contributed by atoms with E-state index in [-0.39, 0.29) is 23.5 Å². The van der Waals surface area contributed by atoms with E-state index in [9.17, 15) is 14.3 Å². The van der Waals surface area contributed by atoms with E-state index in [1.807, 2.05) is 20.8 Å². The molecule has 1 N–H and O–H groups in total. The number of halogens is 1. The topological polar surface area (TPSA) is 46.5 Å². The van der Waals surface area contributed by atoms with Gasteiger partial charge in [-0.1, -0.05) is 33.3 Å². The highest BCUT2D eigenvalue weighted by molar-refractivity contribution is 6.68. The number of aryl methyl sites for hydroxylation is 1. The Balaban J connectivity index is 2.44. The van der Waals surface area contributed by atoms with Gasteiger partial charge in [-0.25, -0.2) is 9.18 Å². The molecule has 0 aliphatic carbocycles. The Hall–Kier alpha value is -1.36. The summed E-state index contributed by atoms with van der Waals surface area (Å²) in [7, 11) is 0. The molecule has 1 aliphatic heterocycles. The lowest BCUT2D eigenvalue weighted by Gasteiger charge is -2.34. The van der Waals surface area contributed by atoms with Crippen molar-refractivity contribution in [2.45, 2.75) is 59.4 Å². The van der Waals surface area contributed by atoms with Gasteiger partial charge < -0.3 is 9.76 Å². The molecule has 1 aromatic rings. The summed E-state index contributed by atoms with van der Waals surface area (Å²) >= 11 is 0. The molecule has 0 radical (unpaired) electrons. The largest absolute Gasteiger partial charge is 0.478 e. The minimum atomic E-state index is -1.21. The zero-order chi connectivity index (χ0) is 16.7. The molecular weight excluding hydrogens is 282 g/mol. The second kappa shape index (κ2) is 5.69. The molecule has 1 aliphatic rings. The maximum Gasteiger partial charge on any atom is 0.338 e. The highest BCUT2D eigenvalue weighted by Gasteiger charge is 2.50. The summed E-state index contributed by atoms with van der Waals surface area (Å²) in [5, 5.41) is 9.22. The number of hydrogen-bond acceptors (Lipinski definition) is 2. The Labute approximate surface area is 132 Å². The molecule has 1 heterocycles. The lowest BCUT2D eigenvalue weighted by Crippen LogP contribution is -2.36. The van der Waals surface area contributed by atoms with E-state index >= 15 is 0 Å². The number of benzene rings is 1. The predicted molar refractivity (Wildman–Crippen MR) is 86.5 cm³/mol. The van der Waals surface area contributed by atoms with Crippen LogP contribution in [0.1, 0.15) is 57.0 Å². The monoisotopic (exact) mass is 306 g/mol. The van der Waals surface area contributed by atoms with Crippen LogP contribution in [0, 0.1) is 11.2 Å². The molecule has 0 aromatic heterocycles. The van der Waals surface area contributed by atoms with Gasteiger partial charge >= 0.3 is 12.9 Å². The predicted octanol–water partition coefficient (Wildman–Crippen LogP) is 3.51. The second-order valence-corrected chi connectivity index (χ2v) is 7.30. The van der Waals surface area contributed by atoms with Crippen molar-refractivity contribution in [2.75, 3.05) is 0 Å². The van der Waals surface area contributed by atoms with Crippen LogP contribution < -0.4 is 5.46 Å². The van der Waals surface area contributed by atoms with Crippen molar-refractivity contribution in [3.8, 4) is 0 Å². The third kappa shape index (κ3) is 2.91. The van der Waals surface area contributed by atoms with Gasteiger partial charge in [-0.15, -0.1) is 0 Å². The van der Waals surface area contributed by atoms with Gasteiger partial charge in [0.2, 0.25) is 0 Å². The summed E-state index contributed by atoms with van der Waals surface area (Å²) < 4.78 is 20.4. The van der Waals surface area contributed by atoms with Crippen LogP contribution in [0.4, 0.5) is 4.39 Å². The molecule has 0 spiro atoms. The SMILES string of the molecule is CCCc1cc(B2CC(C)(C)C(C)(C)O2)cc(F)c1C(=O)O. The smallest absolute Gasteiger partial charge is 0.338 e. The summed E-state index contributed by atoms with van der Waals surface area (Å²) in [6.45, 7) is 10.1. The Bertz CT molecular complexity index is 580. The summed E-state index contributed by atoms with van der Waals surface area (Å²) in [6, 6.07) is 3.13. The molecule has 120 valence electrons. The average molecular weight is 306 g/mol. The Morgan fingerprint density at radius 3 is 2.45 bits per heavy atom. The zero-order valence-corrected chi connectivity index (χ0v) is 14.0. The Morgan fingerprint density at radius 1 is 1.36 bits per heavy atom. The molecule has 5 heteroatoms. The molecule has 22 heavy (non-hydrogen) atoms. The van der Waals surface area contributed by atoms with Crippen LogP contribution in [-0.2, 0) is 11.1 Å². The van der Waals surface area contributed by atoms with E-state index in [0.29, 0.717) is 12.0 Å². The van der Waals surface area contributed by atoms with Crippen LogP contribution >= 0.6 is 0 Å². The van der Waals surface area contributed by atoms with Crippen LogP contribution in [0.2, 0.25) is 6.32 Å². The summed E-state index contributed by atoms with van der Waals surface area (Å²) in [6.07, 6.45) is 2.11. The molecule has 0 amide bonds. The number of rotatable bonds is 4. The fourth-order valence-electron chi connectivity index (χ4n) is 3.03. The zero-order valence-electron chi connectivity index (χ0n) is 14.0. The summed E-state index contributed by atoms with van der Waals surface area (Å²) in [4.78, 5) is 11.3. The molecule has 0 unspecified atom stereocenters. The van der Waals surface area contributed by atoms with Crippen molar-refractivity contribution in [2.24, 2.45) is 5.41 Å². The van der Waals surface area contributed by atoms with Gasteiger partial charge in [0.1, 0.15) is 5.82 Å². The molecule has 0 atom stereocenters. The quantitative estimate of drug-likeness (QED) is 0.866. The van der Waals surface area contributed by atoms with Crippen LogP contribution in [0.15, 0.2) is 12.1 Å². The minimum absolute atomic E-state index is 0.0233. The first-order chi connectivity index (χ1) is 10.1. The van der Waals surface area contributed by atoms with Crippen LogP contribution in [-0.4, -0.2) is 23.6 Å². The molecule has 3 nitrogen and oxygen atoms in total. The van der Waals surface area contributed by atoms with Crippen molar-refractivity contribution >= 4 is 18.3 Å². The van der Waals surface area contributed by atoms with E-state index in [1.54, 1.807) is 6.07 Å². The fraction of sp³-hybridized carbons (Fsp3) is 0.588. The van der Waals surface area contributed by atoms with Crippen molar-refractivity contribution in [3.63, 3.8) is 0 Å². The first kappa shape index (κ1) is 17.0. The number of carboxylic acids is 1. The maximum absolute atomic E-state index is 14.3. The molecule has 0 saturated carbocycles. The molecule has 0 bridgehead atoms. The van der Waals surface area contributed by atoms with Crippen LogP contribution in [0.5, 0.6) is 0 Å². The van der Waals surface area contributed by atoms with E-state index < -0.39 is 11.8 Å². The Morgan fingerprint density at radius 2 is 2.00 bits per heavy atom. The third-order valence-electron chi connectivity index (χ3n) is 5.06. The highest BCUT2D eigenvalue weighted by atomic mass is 19.1. The van der Waals surface area contributed by atoms with Gasteiger partial charge in [0.05, 0.1) is 11.2 Å². The minimum Gasteiger partial charge on any atom is -0.478 e. The van der Waals surface area contributed by atoms with Crippen LogP contribution in [0.3, 0.4) is 0 Å². The standard InChI is InChI=1S/C17H24BFO3/c1-6-7-11-8-12(9-13(19)14(11)15(20)21)18-10-16(2,3)17(4,5)22-18/h8-9H,6-7,10H2,1-5H3,(H,20,21). The van der Waals surface area contributed by atoms with Crippen molar-refractivity contribution < 1.29 is 18.9 Å². The maximum atomic E-state index is 14.3. The molecule has 1 saturated heterocycles. The summed E-state index contributed by atoms with van der Waals surface area (Å²) in [5.74, 6) is -1.87. The van der Waals surface area contributed by atoms with Gasteiger partial charge in [-0.05, 0) is 49.1 Å². The van der Waals surface area contributed by atoms with Crippen molar-refractivity contribution in [1.82, 2.24) is 0 Å². The number of carboxylic acid groups (broad SMARTS) is 1. The second-order valence-electron chi connectivity index (χ2n) is 7.30. The van der Waals surface area contributed by atoms with Crippen molar-refractivity contribution in [3.05, 3.63) is 29.1 Å². The van der Waals surface area contributed by atoms with E-state index in [0.717, 1.165) is 18.2 Å². The number of carbonyl (C=O) groups is 1. The van der Waals surface area contributed by atoms with Gasteiger partial charge in [0.25, 0.3) is 0 Å². The van der Waals surface area contributed by atoms with Gasteiger partial charge in [-0.3, -0.25) is 0 Å². The lowest BCUT2D eigenvalue weighted by atomic mass is 9.54. The lowest BCUT2D eigenvalue weighted by molar-refractivity contribution is 0.0375. The number of aromatic carboxylic acids is 1. The van der Waals surface area contributed by atoms with Gasteiger partial charge in [0.15, 0.2) is 0 Å². The van der Waals surface area contributed by atoms with Crippen LogP contribution in [0.25, 0.3) is 0 Å². The fourth-order valence-corrected chi connectivity index (χ4v) is 3.03. The van der Waals surface area contributed by atoms with Gasteiger partial charge in [-0.2, -0.15) is 0 Å². The first-order valence-electron chi connectivity index (χ1n) is 7.82. The van der Waals surface area contributed by atoms with E-state index in [2.05, 4.69) is 13.8 Å². The molecule has 2 rings (SSSR count). The Kier molecular flexibility index (Phi) is 4.40. The van der Waals surface area contributed by atoms with Gasteiger partial charge in [0, 0.05) is 0 Å². The van der Waals surface area contributed by atoms with E-state index in [1.165, 1.54) is 6.07 Å². The molecular formula is C17H24BFO3. The molecule has 1 aromatic carbocycles. The van der Waals surface area contributed by atoms with Crippen molar-refractivity contribution in [1.29, 1.82) is 0 Å². The average Bonchev–Trinajstić information content (AvgIpc) is 2.57. The first-order valence-corrected chi connectivity index (χ1v) is 7.82. The highest BCUT2D eigenvalue weighted by Crippen LogP contribution is 2.45. The number of hydrogen-bond donors (Lipinski definition) is 1.